The molecule has 0 fully saturated rings. The molecular formula is C14H15N5O2. The van der Waals surface area contributed by atoms with Gasteiger partial charge in [0.1, 0.15) is 0 Å². The number of aromatic amines is 1. The van der Waals surface area contributed by atoms with Crippen LogP contribution in [0.15, 0.2) is 24.3 Å². The molecule has 0 spiro atoms. The van der Waals surface area contributed by atoms with Crippen molar-refractivity contribution >= 4 is 17.8 Å². The number of hydrogen-bond acceptors (Lipinski definition) is 3. The van der Waals surface area contributed by atoms with Crippen molar-refractivity contribution in [2.24, 2.45) is 5.73 Å². The summed E-state index contributed by atoms with van der Waals surface area (Å²) in [5, 5.41) is 9.70. The number of nitrogens with two attached hydrogens (primary N) is 1. The van der Waals surface area contributed by atoms with Gasteiger partial charge in [-0.1, -0.05) is 18.2 Å². The Balaban J connectivity index is 1.81. The number of carbonyl (C=O) groups is 2. The van der Waals surface area contributed by atoms with Crippen LogP contribution in [0.25, 0.3) is 0 Å². The van der Waals surface area contributed by atoms with Crippen LogP contribution >= 0.6 is 0 Å². The van der Waals surface area contributed by atoms with Gasteiger partial charge in [0.05, 0.1) is 18.8 Å². The van der Waals surface area contributed by atoms with Crippen molar-refractivity contribution in [3.63, 3.8) is 0 Å². The normalized spacial score (nSPS) is 13.1. The van der Waals surface area contributed by atoms with Crippen LogP contribution in [-0.2, 0) is 13.1 Å². The number of H-pyrrole nitrogens is 1. The minimum Gasteiger partial charge on any atom is -0.351 e. The number of amides is 3. The fourth-order valence-corrected chi connectivity index (χ4v) is 2.40. The fraction of sp³-hybridized carbons (Fsp3) is 0.214. The zero-order valence-electron chi connectivity index (χ0n) is 11.5. The highest BCUT2D eigenvalue weighted by Crippen LogP contribution is 2.27. The standard InChI is InChI=1S/C14H15N5O2/c1-8-4-2-3-5-9(8)13(20)16-12-10-6-19(14(15)21)7-11(10)17-18-12/h2-5H,6-7H2,1H3,(H2,15,21)(H2,16,17,18,20). The first kappa shape index (κ1) is 13.2. The van der Waals surface area contributed by atoms with E-state index in [9.17, 15) is 9.59 Å². The molecule has 3 amide bonds. The maximum Gasteiger partial charge on any atom is 0.315 e. The summed E-state index contributed by atoms with van der Waals surface area (Å²) in [7, 11) is 0. The summed E-state index contributed by atoms with van der Waals surface area (Å²) in [5.41, 5.74) is 8.35. The average molecular weight is 285 g/mol. The van der Waals surface area contributed by atoms with Gasteiger partial charge in [-0.05, 0) is 18.6 Å². The van der Waals surface area contributed by atoms with Crippen LogP contribution in [-0.4, -0.2) is 27.0 Å². The van der Waals surface area contributed by atoms with Crippen molar-refractivity contribution < 1.29 is 9.59 Å². The molecule has 108 valence electrons. The van der Waals surface area contributed by atoms with Gasteiger partial charge >= 0.3 is 6.03 Å². The number of anilines is 1. The van der Waals surface area contributed by atoms with E-state index in [1.807, 2.05) is 25.1 Å². The van der Waals surface area contributed by atoms with Crippen LogP contribution in [0, 0.1) is 6.92 Å². The Labute approximate surface area is 121 Å². The number of primary amides is 1. The highest BCUT2D eigenvalue weighted by molar-refractivity contribution is 6.05. The third-order valence-corrected chi connectivity index (χ3v) is 3.58. The van der Waals surface area contributed by atoms with Crippen LogP contribution in [0.2, 0.25) is 0 Å². The number of rotatable bonds is 2. The SMILES string of the molecule is Cc1ccccc1C(=O)Nc1n[nH]c2c1CN(C(N)=O)C2. The van der Waals surface area contributed by atoms with Crippen molar-refractivity contribution in [1.82, 2.24) is 15.1 Å². The molecule has 4 N–H and O–H groups in total. The van der Waals surface area contributed by atoms with Crippen molar-refractivity contribution in [2.45, 2.75) is 20.0 Å². The third kappa shape index (κ3) is 2.33. The predicted octanol–water partition coefficient (Wildman–Crippen LogP) is 1.36. The van der Waals surface area contributed by atoms with E-state index >= 15 is 0 Å². The molecule has 1 aliphatic heterocycles. The predicted molar refractivity (Wildman–Crippen MR) is 76.6 cm³/mol. The zero-order valence-corrected chi connectivity index (χ0v) is 11.5. The molecule has 3 rings (SSSR count). The Morgan fingerprint density at radius 1 is 1.33 bits per heavy atom. The van der Waals surface area contributed by atoms with Gasteiger partial charge in [-0.25, -0.2) is 4.79 Å². The summed E-state index contributed by atoms with van der Waals surface area (Å²) >= 11 is 0. The summed E-state index contributed by atoms with van der Waals surface area (Å²) in [4.78, 5) is 25.0. The van der Waals surface area contributed by atoms with E-state index in [1.54, 1.807) is 6.07 Å². The quantitative estimate of drug-likeness (QED) is 0.776. The molecule has 2 aromatic rings. The highest BCUT2D eigenvalue weighted by Gasteiger charge is 2.27. The lowest BCUT2D eigenvalue weighted by Gasteiger charge is -2.11. The summed E-state index contributed by atoms with van der Waals surface area (Å²) in [6.07, 6.45) is 0. The Morgan fingerprint density at radius 3 is 2.81 bits per heavy atom. The molecule has 0 bridgehead atoms. The second-order valence-electron chi connectivity index (χ2n) is 4.99. The topological polar surface area (TPSA) is 104 Å². The van der Waals surface area contributed by atoms with E-state index in [4.69, 9.17) is 5.73 Å². The molecule has 0 radical (unpaired) electrons. The van der Waals surface area contributed by atoms with E-state index in [-0.39, 0.29) is 5.91 Å². The molecule has 1 aromatic heterocycles. The van der Waals surface area contributed by atoms with E-state index < -0.39 is 6.03 Å². The monoisotopic (exact) mass is 285 g/mol. The van der Waals surface area contributed by atoms with Gasteiger partial charge in [0.2, 0.25) is 0 Å². The lowest BCUT2D eigenvalue weighted by molar-refractivity contribution is 0.102. The molecule has 1 aliphatic rings. The zero-order chi connectivity index (χ0) is 15.0. The first-order chi connectivity index (χ1) is 10.1. The number of hydrogen-bond donors (Lipinski definition) is 3. The third-order valence-electron chi connectivity index (χ3n) is 3.58. The number of nitrogens with one attached hydrogen (secondary N) is 2. The fourth-order valence-electron chi connectivity index (χ4n) is 2.40. The van der Waals surface area contributed by atoms with E-state index in [0.29, 0.717) is 24.5 Å². The number of aryl methyl sites for hydroxylation is 1. The number of carbonyl (C=O) groups excluding carboxylic acids is 2. The summed E-state index contributed by atoms with van der Waals surface area (Å²) in [6.45, 7) is 2.61. The first-order valence-corrected chi connectivity index (χ1v) is 6.53. The molecule has 0 atom stereocenters. The second-order valence-corrected chi connectivity index (χ2v) is 4.99. The molecule has 7 nitrogen and oxygen atoms in total. The first-order valence-electron chi connectivity index (χ1n) is 6.53. The Morgan fingerprint density at radius 2 is 2.10 bits per heavy atom. The molecule has 2 heterocycles. The van der Waals surface area contributed by atoms with Gasteiger partial charge in [0.25, 0.3) is 5.91 Å². The molecular weight excluding hydrogens is 270 g/mol. The van der Waals surface area contributed by atoms with Gasteiger partial charge in [-0.3, -0.25) is 9.89 Å². The van der Waals surface area contributed by atoms with Crippen molar-refractivity contribution in [1.29, 1.82) is 0 Å². The minimum atomic E-state index is -0.490. The van der Waals surface area contributed by atoms with Crippen LogP contribution in [0.1, 0.15) is 27.2 Å². The van der Waals surface area contributed by atoms with E-state index in [2.05, 4.69) is 15.5 Å². The number of aromatic nitrogens is 2. The van der Waals surface area contributed by atoms with E-state index in [1.165, 1.54) is 4.90 Å². The van der Waals surface area contributed by atoms with Gasteiger partial charge in [0, 0.05) is 11.1 Å². The Bertz CT molecular complexity index is 722. The Hall–Kier alpha value is -2.83. The molecule has 1 aromatic carbocycles. The molecule has 0 unspecified atom stereocenters. The van der Waals surface area contributed by atoms with Crippen LogP contribution in [0.5, 0.6) is 0 Å². The number of nitrogens with zero attached hydrogens (tertiary/aromatic N) is 2. The number of urea groups is 1. The molecule has 0 aliphatic carbocycles. The van der Waals surface area contributed by atoms with E-state index in [0.717, 1.165) is 16.8 Å². The molecule has 7 heteroatoms. The smallest absolute Gasteiger partial charge is 0.315 e. The minimum absolute atomic E-state index is 0.222. The second kappa shape index (κ2) is 4.93. The van der Waals surface area contributed by atoms with Gasteiger partial charge < -0.3 is 16.0 Å². The highest BCUT2D eigenvalue weighted by atomic mass is 16.2. The van der Waals surface area contributed by atoms with Crippen LogP contribution in [0.3, 0.4) is 0 Å². The molecule has 21 heavy (non-hydrogen) atoms. The van der Waals surface area contributed by atoms with Crippen LogP contribution in [0.4, 0.5) is 10.6 Å². The lowest BCUT2D eigenvalue weighted by Crippen LogP contribution is -2.31. The number of fused-ring (bicyclic) bond motifs is 1. The maximum atomic E-state index is 12.3. The Kier molecular flexibility index (Phi) is 3.09. The molecule has 0 saturated heterocycles. The van der Waals surface area contributed by atoms with Crippen molar-refractivity contribution in [3.8, 4) is 0 Å². The summed E-state index contributed by atoms with van der Waals surface area (Å²) in [5.74, 6) is 0.224. The summed E-state index contributed by atoms with van der Waals surface area (Å²) in [6, 6.07) is 6.83. The molecule has 0 saturated carbocycles. The maximum absolute atomic E-state index is 12.3. The largest absolute Gasteiger partial charge is 0.351 e. The van der Waals surface area contributed by atoms with Gasteiger partial charge in [-0.15, -0.1) is 0 Å². The van der Waals surface area contributed by atoms with Crippen molar-refractivity contribution in [3.05, 3.63) is 46.6 Å². The average Bonchev–Trinajstić information content (AvgIpc) is 3.01. The lowest BCUT2D eigenvalue weighted by atomic mass is 10.1. The van der Waals surface area contributed by atoms with Crippen LogP contribution < -0.4 is 11.1 Å². The number of benzene rings is 1. The summed E-state index contributed by atoms with van der Waals surface area (Å²) < 4.78 is 0. The van der Waals surface area contributed by atoms with Gasteiger partial charge in [0.15, 0.2) is 5.82 Å². The van der Waals surface area contributed by atoms with Crippen molar-refractivity contribution in [2.75, 3.05) is 5.32 Å². The van der Waals surface area contributed by atoms with Gasteiger partial charge in [-0.2, -0.15) is 5.10 Å².